The molecule has 1 aromatic rings. The van der Waals surface area contributed by atoms with Crippen LogP contribution in [-0.2, 0) is 22.4 Å². The normalized spacial score (nSPS) is 18.7. The number of rotatable bonds is 8. The smallest absolute Gasteiger partial charge is 0.254 e. The zero-order valence-electron chi connectivity index (χ0n) is 19.8. The number of hydrogen-bond donors (Lipinski definition) is 3. The highest BCUT2D eigenvalue weighted by molar-refractivity contribution is 5.96. The summed E-state index contributed by atoms with van der Waals surface area (Å²) in [6, 6.07) is 0. The molecule has 32 heavy (non-hydrogen) atoms. The van der Waals surface area contributed by atoms with Crippen molar-refractivity contribution in [1.29, 1.82) is 0 Å². The maximum absolute atomic E-state index is 12.7. The van der Waals surface area contributed by atoms with Crippen molar-refractivity contribution in [3.8, 4) is 0 Å². The highest BCUT2D eigenvalue weighted by Crippen LogP contribution is 2.31. The molecule has 172 valence electrons. The van der Waals surface area contributed by atoms with Crippen LogP contribution >= 0.6 is 0 Å². The van der Waals surface area contributed by atoms with Crippen LogP contribution < -0.4 is 16.2 Å². The van der Waals surface area contributed by atoms with Gasteiger partial charge in [0.05, 0.1) is 17.9 Å². The van der Waals surface area contributed by atoms with Crippen LogP contribution in [0, 0.1) is 0 Å². The molecule has 1 amide bonds. The zero-order valence-corrected chi connectivity index (χ0v) is 19.8. The van der Waals surface area contributed by atoms with Gasteiger partial charge in [-0.2, -0.15) is 0 Å². The number of amides is 1. The Balaban J connectivity index is 2.10. The van der Waals surface area contributed by atoms with Gasteiger partial charge in [0, 0.05) is 16.8 Å². The maximum Gasteiger partial charge on any atom is 0.254 e. The van der Waals surface area contributed by atoms with Gasteiger partial charge in [-0.1, -0.05) is 34.6 Å². The molecular formula is C25H34N4O3. The summed E-state index contributed by atoms with van der Waals surface area (Å²) in [7, 11) is 0. The molecule has 0 fully saturated rings. The average Bonchev–Trinajstić information content (AvgIpc) is 2.81. The van der Waals surface area contributed by atoms with Crippen molar-refractivity contribution < 1.29 is 9.53 Å². The fourth-order valence-corrected chi connectivity index (χ4v) is 4.07. The molecule has 0 bridgehead atoms. The number of nitrogens with one attached hydrogen (secondary N) is 3. The number of aromatic nitrogens is 2. The Bertz CT molecular complexity index is 1070. The lowest BCUT2D eigenvalue weighted by Gasteiger charge is -2.27. The second-order valence-electron chi connectivity index (χ2n) is 7.87. The van der Waals surface area contributed by atoms with E-state index in [1.807, 2.05) is 39.8 Å². The molecule has 0 aromatic carbocycles. The molecule has 0 radical (unpaired) electrons. The SMILES string of the molecule is CCCOC1=CCC(c2nc(CC)c(CC)c(=O)[nH]2)=CC1=C1NC(=O)C(CC)=C(CC)N1. The van der Waals surface area contributed by atoms with Gasteiger partial charge in [0.25, 0.3) is 11.5 Å². The number of H-pyrrole nitrogens is 1. The van der Waals surface area contributed by atoms with Crippen LogP contribution in [-0.4, -0.2) is 22.5 Å². The highest BCUT2D eigenvalue weighted by Gasteiger charge is 2.26. The number of carbonyl (C=O) groups excluding carboxylic acids is 1. The minimum atomic E-state index is -0.0898. The van der Waals surface area contributed by atoms with E-state index in [1.165, 1.54) is 0 Å². The standard InChI is InChI=1S/C25H34N4O3/c1-6-13-32-21-12-11-15(22-26-19(9-4)16(7-2)24(30)28-22)14-18(21)23-27-20(10-5)17(8-3)25(31)29-23/h12,14,27H,6-11,13H2,1-5H3,(H,29,31)(H,26,28,30). The lowest BCUT2D eigenvalue weighted by atomic mass is 9.97. The van der Waals surface area contributed by atoms with Gasteiger partial charge in [-0.15, -0.1) is 0 Å². The number of aryl methyl sites for hydroxylation is 1. The summed E-state index contributed by atoms with van der Waals surface area (Å²) in [6.45, 7) is 10.6. The van der Waals surface area contributed by atoms with Crippen molar-refractivity contribution in [2.75, 3.05) is 6.61 Å². The number of carbonyl (C=O) groups is 1. The Morgan fingerprint density at radius 3 is 2.41 bits per heavy atom. The van der Waals surface area contributed by atoms with Gasteiger partial charge in [-0.3, -0.25) is 9.59 Å². The first-order valence-corrected chi connectivity index (χ1v) is 11.7. The van der Waals surface area contributed by atoms with Crippen LogP contribution in [0.5, 0.6) is 0 Å². The van der Waals surface area contributed by atoms with Crippen molar-refractivity contribution in [3.63, 3.8) is 0 Å². The zero-order chi connectivity index (χ0) is 23.3. The highest BCUT2D eigenvalue weighted by atomic mass is 16.5. The first-order valence-electron chi connectivity index (χ1n) is 11.7. The Labute approximate surface area is 189 Å². The quantitative estimate of drug-likeness (QED) is 0.570. The number of aromatic amines is 1. The Morgan fingerprint density at radius 1 is 1.00 bits per heavy atom. The van der Waals surface area contributed by atoms with E-state index in [1.54, 1.807) is 0 Å². The van der Waals surface area contributed by atoms with E-state index >= 15 is 0 Å². The van der Waals surface area contributed by atoms with Crippen LogP contribution in [0.2, 0.25) is 0 Å². The molecule has 0 saturated heterocycles. The molecule has 7 heteroatoms. The lowest BCUT2D eigenvalue weighted by molar-refractivity contribution is -0.117. The van der Waals surface area contributed by atoms with E-state index in [2.05, 4.69) is 22.5 Å². The van der Waals surface area contributed by atoms with Crippen LogP contribution in [0.15, 0.2) is 45.4 Å². The summed E-state index contributed by atoms with van der Waals surface area (Å²) in [5.74, 6) is 1.80. The summed E-state index contributed by atoms with van der Waals surface area (Å²) in [5.41, 5.74) is 4.80. The second-order valence-corrected chi connectivity index (χ2v) is 7.87. The average molecular weight is 439 g/mol. The minimum absolute atomic E-state index is 0.0886. The first kappa shape index (κ1) is 23.6. The Kier molecular flexibility index (Phi) is 7.72. The number of ether oxygens (including phenoxy) is 1. The summed E-state index contributed by atoms with van der Waals surface area (Å²) >= 11 is 0. The first-order chi connectivity index (χ1) is 15.5. The lowest BCUT2D eigenvalue weighted by Crippen LogP contribution is -2.40. The molecule has 2 heterocycles. The minimum Gasteiger partial charge on any atom is -0.493 e. The Hall–Kier alpha value is -3.09. The largest absolute Gasteiger partial charge is 0.493 e. The van der Waals surface area contributed by atoms with E-state index < -0.39 is 0 Å². The van der Waals surface area contributed by atoms with Gasteiger partial charge >= 0.3 is 0 Å². The van der Waals surface area contributed by atoms with E-state index in [0.717, 1.165) is 52.3 Å². The molecule has 0 saturated carbocycles. The molecule has 0 spiro atoms. The van der Waals surface area contributed by atoms with E-state index in [9.17, 15) is 9.59 Å². The molecule has 0 unspecified atom stereocenters. The third-order valence-electron chi connectivity index (χ3n) is 5.78. The number of hydrogen-bond acceptors (Lipinski definition) is 5. The van der Waals surface area contributed by atoms with Crippen molar-refractivity contribution in [1.82, 2.24) is 20.6 Å². The fraction of sp³-hybridized carbons (Fsp3) is 0.480. The van der Waals surface area contributed by atoms with Crippen molar-refractivity contribution in [2.45, 2.75) is 73.1 Å². The molecule has 3 rings (SSSR count). The molecule has 3 N–H and O–H groups in total. The van der Waals surface area contributed by atoms with Gasteiger partial charge < -0.3 is 20.4 Å². The molecule has 1 aromatic heterocycles. The predicted octanol–water partition coefficient (Wildman–Crippen LogP) is 4.00. The molecule has 1 aliphatic heterocycles. The Morgan fingerprint density at radius 2 is 1.78 bits per heavy atom. The number of nitrogens with zero attached hydrogens (tertiary/aromatic N) is 1. The fourth-order valence-electron chi connectivity index (χ4n) is 4.07. The maximum atomic E-state index is 12.7. The molecule has 0 atom stereocenters. The van der Waals surface area contributed by atoms with Gasteiger partial charge in [0.1, 0.15) is 17.4 Å². The third-order valence-corrected chi connectivity index (χ3v) is 5.78. The molecule has 7 nitrogen and oxygen atoms in total. The summed E-state index contributed by atoms with van der Waals surface area (Å²) in [5, 5.41) is 6.40. The summed E-state index contributed by atoms with van der Waals surface area (Å²) in [6.07, 6.45) is 8.15. The predicted molar refractivity (Wildman–Crippen MR) is 126 cm³/mol. The van der Waals surface area contributed by atoms with Crippen molar-refractivity contribution in [3.05, 3.63) is 68.0 Å². The van der Waals surface area contributed by atoms with E-state index in [-0.39, 0.29) is 11.5 Å². The van der Waals surface area contributed by atoms with Crippen molar-refractivity contribution in [2.24, 2.45) is 0 Å². The molecular weight excluding hydrogens is 404 g/mol. The van der Waals surface area contributed by atoms with E-state index in [0.29, 0.717) is 43.9 Å². The van der Waals surface area contributed by atoms with Gasteiger partial charge in [0.15, 0.2) is 0 Å². The monoisotopic (exact) mass is 438 g/mol. The van der Waals surface area contributed by atoms with Gasteiger partial charge in [-0.05, 0) is 56.3 Å². The van der Waals surface area contributed by atoms with Crippen LogP contribution in [0.3, 0.4) is 0 Å². The van der Waals surface area contributed by atoms with Crippen molar-refractivity contribution >= 4 is 11.5 Å². The molecule has 1 aliphatic carbocycles. The van der Waals surface area contributed by atoms with Crippen LogP contribution in [0.1, 0.15) is 77.4 Å². The van der Waals surface area contributed by atoms with Gasteiger partial charge in [-0.25, -0.2) is 4.98 Å². The second kappa shape index (κ2) is 10.5. The number of allylic oxidation sites excluding steroid dienone is 4. The van der Waals surface area contributed by atoms with E-state index in [4.69, 9.17) is 9.72 Å². The molecule has 2 aliphatic rings. The topological polar surface area (TPSA) is 96.1 Å². The van der Waals surface area contributed by atoms with Crippen LogP contribution in [0.25, 0.3) is 5.57 Å². The van der Waals surface area contributed by atoms with Gasteiger partial charge in [0.2, 0.25) is 0 Å². The van der Waals surface area contributed by atoms with Crippen LogP contribution in [0.4, 0.5) is 0 Å². The third kappa shape index (κ3) is 4.71. The summed E-state index contributed by atoms with van der Waals surface area (Å²) in [4.78, 5) is 33.1. The summed E-state index contributed by atoms with van der Waals surface area (Å²) < 4.78 is 6.00.